The van der Waals surface area contributed by atoms with Crippen molar-refractivity contribution in [2.45, 2.75) is 43.9 Å². The highest BCUT2D eigenvalue weighted by Crippen LogP contribution is 2.56. The molecule has 4 aliphatic rings. The largest absolute Gasteiger partial charge is 0.493 e. The van der Waals surface area contributed by atoms with Gasteiger partial charge in [0, 0.05) is 44.7 Å². The van der Waals surface area contributed by atoms with Crippen LogP contribution in [0.4, 0.5) is 0 Å². The van der Waals surface area contributed by atoms with Crippen molar-refractivity contribution in [1.29, 1.82) is 0 Å². The number of methoxy groups -OCH3 is 1. The second-order valence-corrected chi connectivity index (χ2v) is 8.87. The third kappa shape index (κ3) is 3.26. The molecule has 0 amide bonds. The quantitative estimate of drug-likeness (QED) is 0.779. The van der Waals surface area contributed by atoms with Gasteiger partial charge in [-0.25, -0.2) is 0 Å². The van der Waals surface area contributed by atoms with Crippen LogP contribution >= 0.6 is 0 Å². The second kappa shape index (κ2) is 7.58. The molecule has 1 fully saturated rings. The van der Waals surface area contributed by atoms with E-state index in [9.17, 15) is 5.11 Å². The molecule has 0 bridgehead atoms. The Labute approximate surface area is 173 Å². The summed E-state index contributed by atoms with van der Waals surface area (Å²) in [5, 5.41) is 10.2. The SMILES string of the molecule is COc1cc(C)c2c3c1OC1CC(O)C=CC31CCN(CCN1CCOCC1)C2. The van der Waals surface area contributed by atoms with Gasteiger partial charge in [0.2, 0.25) is 0 Å². The van der Waals surface area contributed by atoms with Gasteiger partial charge in [-0.3, -0.25) is 9.80 Å². The summed E-state index contributed by atoms with van der Waals surface area (Å²) in [5.41, 5.74) is 3.79. The number of rotatable bonds is 4. The molecule has 3 atom stereocenters. The van der Waals surface area contributed by atoms with Crippen LogP contribution in [0.1, 0.15) is 29.5 Å². The molecule has 0 saturated carbocycles. The zero-order chi connectivity index (χ0) is 20.0. The predicted molar refractivity (Wildman–Crippen MR) is 111 cm³/mol. The molecule has 158 valence electrons. The van der Waals surface area contributed by atoms with Crippen molar-refractivity contribution >= 4 is 0 Å². The van der Waals surface area contributed by atoms with E-state index in [-0.39, 0.29) is 11.5 Å². The van der Waals surface area contributed by atoms with Crippen molar-refractivity contribution < 1.29 is 19.3 Å². The average molecular weight is 401 g/mol. The predicted octanol–water partition coefficient (Wildman–Crippen LogP) is 1.86. The average Bonchev–Trinajstić information content (AvgIpc) is 2.96. The molecule has 3 heterocycles. The number of ether oxygens (including phenoxy) is 3. The minimum Gasteiger partial charge on any atom is -0.493 e. The third-order valence-corrected chi connectivity index (χ3v) is 7.23. The van der Waals surface area contributed by atoms with Gasteiger partial charge in [-0.05, 0) is 37.1 Å². The summed E-state index contributed by atoms with van der Waals surface area (Å²) < 4.78 is 17.6. The molecule has 0 aromatic heterocycles. The Morgan fingerprint density at radius 1 is 1.21 bits per heavy atom. The molecule has 1 aliphatic carbocycles. The summed E-state index contributed by atoms with van der Waals surface area (Å²) in [7, 11) is 1.71. The Morgan fingerprint density at radius 3 is 2.79 bits per heavy atom. The number of hydrogen-bond donors (Lipinski definition) is 1. The van der Waals surface area contributed by atoms with Crippen LogP contribution in [0.2, 0.25) is 0 Å². The summed E-state index contributed by atoms with van der Waals surface area (Å²) >= 11 is 0. The molecule has 3 unspecified atom stereocenters. The first kappa shape index (κ1) is 19.4. The maximum absolute atomic E-state index is 10.2. The van der Waals surface area contributed by atoms with Crippen LogP contribution in [0.5, 0.6) is 11.5 Å². The Hall–Kier alpha value is -1.60. The van der Waals surface area contributed by atoms with Crippen LogP contribution in [-0.4, -0.2) is 80.2 Å². The first-order valence-corrected chi connectivity index (χ1v) is 10.9. The molecule has 1 spiro atoms. The van der Waals surface area contributed by atoms with Gasteiger partial charge in [-0.1, -0.05) is 12.2 Å². The van der Waals surface area contributed by atoms with Crippen molar-refractivity contribution in [2.24, 2.45) is 0 Å². The fourth-order valence-corrected chi connectivity index (χ4v) is 5.52. The fourth-order valence-electron chi connectivity index (χ4n) is 5.52. The number of morpholine rings is 1. The van der Waals surface area contributed by atoms with Crippen molar-refractivity contribution in [3.05, 3.63) is 34.9 Å². The summed E-state index contributed by atoms with van der Waals surface area (Å²) in [5.74, 6) is 1.71. The Balaban J connectivity index is 1.48. The summed E-state index contributed by atoms with van der Waals surface area (Å²) in [4.78, 5) is 5.10. The van der Waals surface area contributed by atoms with Gasteiger partial charge in [-0.2, -0.15) is 0 Å². The minimum atomic E-state index is -0.434. The highest BCUT2D eigenvalue weighted by molar-refractivity contribution is 5.63. The molecule has 29 heavy (non-hydrogen) atoms. The van der Waals surface area contributed by atoms with Crippen LogP contribution in [0, 0.1) is 6.92 Å². The first-order chi connectivity index (χ1) is 14.1. The van der Waals surface area contributed by atoms with E-state index in [0.29, 0.717) is 6.42 Å². The second-order valence-electron chi connectivity index (χ2n) is 8.87. The molecule has 5 rings (SSSR count). The van der Waals surface area contributed by atoms with Gasteiger partial charge in [-0.15, -0.1) is 0 Å². The number of aliphatic hydroxyl groups excluding tert-OH is 1. The molecular weight excluding hydrogens is 368 g/mol. The molecule has 1 N–H and O–H groups in total. The zero-order valence-electron chi connectivity index (χ0n) is 17.5. The maximum atomic E-state index is 10.2. The van der Waals surface area contributed by atoms with Crippen LogP contribution in [0.25, 0.3) is 0 Å². The highest BCUT2D eigenvalue weighted by Gasteiger charge is 2.53. The molecule has 1 saturated heterocycles. The monoisotopic (exact) mass is 400 g/mol. The van der Waals surface area contributed by atoms with Gasteiger partial charge in [0.15, 0.2) is 11.5 Å². The van der Waals surface area contributed by atoms with Crippen molar-refractivity contribution in [2.75, 3.05) is 53.0 Å². The first-order valence-electron chi connectivity index (χ1n) is 10.9. The maximum Gasteiger partial charge on any atom is 0.166 e. The number of nitrogens with zero attached hydrogens (tertiary/aromatic N) is 2. The number of hydrogen-bond acceptors (Lipinski definition) is 6. The molecule has 6 nitrogen and oxygen atoms in total. The minimum absolute atomic E-state index is 0.0221. The van der Waals surface area contributed by atoms with E-state index in [4.69, 9.17) is 14.2 Å². The third-order valence-electron chi connectivity index (χ3n) is 7.23. The van der Waals surface area contributed by atoms with Crippen LogP contribution in [0.3, 0.4) is 0 Å². The molecular formula is C23H32N2O4. The van der Waals surface area contributed by atoms with Crippen LogP contribution in [-0.2, 0) is 16.7 Å². The molecule has 1 aromatic rings. The standard InChI is InChI=1S/C23H32N2O4/c1-16-13-19(27-2)22-21-18(16)15-25(8-7-24-9-11-28-12-10-24)6-5-23(21)4-3-17(26)14-20(23)29-22/h3-4,13,17,20,26H,5-12,14-15H2,1-2H3. The van der Waals surface area contributed by atoms with Crippen LogP contribution in [0.15, 0.2) is 18.2 Å². The summed E-state index contributed by atoms with van der Waals surface area (Å²) in [6.07, 6.45) is 5.39. The van der Waals surface area contributed by atoms with Gasteiger partial charge >= 0.3 is 0 Å². The lowest BCUT2D eigenvalue weighted by molar-refractivity contribution is 0.0322. The van der Waals surface area contributed by atoms with Gasteiger partial charge in [0.25, 0.3) is 0 Å². The summed E-state index contributed by atoms with van der Waals surface area (Å²) in [6.45, 7) is 10.1. The number of benzene rings is 1. The van der Waals surface area contributed by atoms with Crippen LogP contribution < -0.4 is 9.47 Å². The van der Waals surface area contributed by atoms with Gasteiger partial charge in [0.05, 0.1) is 31.8 Å². The van der Waals surface area contributed by atoms with Gasteiger partial charge in [0.1, 0.15) is 6.10 Å². The number of aryl methyl sites for hydroxylation is 1. The van der Waals surface area contributed by atoms with E-state index < -0.39 is 6.10 Å². The van der Waals surface area contributed by atoms with E-state index >= 15 is 0 Å². The fraction of sp³-hybridized carbons (Fsp3) is 0.652. The van der Waals surface area contributed by atoms with E-state index in [2.05, 4.69) is 28.9 Å². The molecule has 6 heteroatoms. The topological polar surface area (TPSA) is 54.4 Å². The van der Waals surface area contributed by atoms with E-state index in [1.54, 1.807) is 7.11 Å². The van der Waals surface area contributed by atoms with Crippen molar-refractivity contribution in [1.82, 2.24) is 9.80 Å². The highest BCUT2D eigenvalue weighted by atomic mass is 16.5. The van der Waals surface area contributed by atoms with E-state index in [0.717, 1.165) is 70.4 Å². The normalized spacial score (nSPS) is 31.7. The molecule has 1 aromatic carbocycles. The lowest BCUT2D eigenvalue weighted by Gasteiger charge is -2.36. The van der Waals surface area contributed by atoms with Gasteiger partial charge < -0.3 is 19.3 Å². The Kier molecular flexibility index (Phi) is 5.06. The smallest absolute Gasteiger partial charge is 0.166 e. The number of aliphatic hydroxyl groups is 1. The van der Waals surface area contributed by atoms with E-state index in [1.165, 1.54) is 16.7 Å². The summed E-state index contributed by atoms with van der Waals surface area (Å²) in [6, 6.07) is 2.12. The Bertz CT molecular complexity index is 805. The molecule has 3 aliphatic heterocycles. The lowest BCUT2D eigenvalue weighted by Crippen LogP contribution is -2.44. The lowest BCUT2D eigenvalue weighted by atomic mass is 9.68. The zero-order valence-corrected chi connectivity index (χ0v) is 17.5. The Morgan fingerprint density at radius 2 is 2.00 bits per heavy atom. The van der Waals surface area contributed by atoms with Crippen molar-refractivity contribution in [3.8, 4) is 11.5 Å². The van der Waals surface area contributed by atoms with E-state index in [1.807, 2.05) is 6.08 Å². The van der Waals surface area contributed by atoms with Crippen molar-refractivity contribution in [3.63, 3.8) is 0 Å². The molecule has 0 radical (unpaired) electrons.